The summed E-state index contributed by atoms with van der Waals surface area (Å²) in [6.07, 6.45) is 2.94. The van der Waals surface area contributed by atoms with Crippen LogP contribution >= 0.6 is 11.3 Å². The molecule has 1 spiro atoms. The van der Waals surface area contributed by atoms with Crippen molar-refractivity contribution in [3.63, 3.8) is 0 Å². The molecule has 1 aromatic heterocycles. The lowest BCUT2D eigenvalue weighted by molar-refractivity contribution is -0.146. The van der Waals surface area contributed by atoms with Crippen LogP contribution in [-0.4, -0.2) is 47.3 Å². The highest BCUT2D eigenvalue weighted by molar-refractivity contribution is 7.12. The summed E-state index contributed by atoms with van der Waals surface area (Å²) in [6.45, 7) is -0.863. The molecule has 0 aromatic carbocycles. The fourth-order valence-electron chi connectivity index (χ4n) is 2.97. The van der Waals surface area contributed by atoms with Crippen LogP contribution < -0.4 is 5.32 Å². The zero-order chi connectivity index (χ0) is 16.4. The van der Waals surface area contributed by atoms with E-state index in [-0.39, 0.29) is 11.7 Å². The van der Waals surface area contributed by atoms with Crippen molar-refractivity contribution in [3.8, 4) is 0 Å². The third-order valence-corrected chi connectivity index (χ3v) is 5.06. The van der Waals surface area contributed by atoms with Gasteiger partial charge in [-0.1, -0.05) is 18.9 Å². The van der Waals surface area contributed by atoms with Crippen LogP contribution in [0.25, 0.3) is 0 Å². The highest BCUT2D eigenvalue weighted by Crippen LogP contribution is 2.34. The molecule has 2 heterocycles. The van der Waals surface area contributed by atoms with E-state index in [0.29, 0.717) is 17.7 Å². The Balaban J connectivity index is 1.54. The minimum Gasteiger partial charge on any atom is -0.456 e. The molecule has 3 amide bonds. The van der Waals surface area contributed by atoms with Crippen molar-refractivity contribution in [2.75, 3.05) is 13.2 Å². The number of hydrogen-bond donors (Lipinski definition) is 1. The fraction of sp³-hybridized carbons (Fsp3) is 0.467. The second kappa shape index (κ2) is 6.11. The van der Waals surface area contributed by atoms with Crippen molar-refractivity contribution in [3.05, 3.63) is 22.4 Å². The maximum absolute atomic E-state index is 12.4. The molecule has 0 atom stereocenters. The van der Waals surface area contributed by atoms with Gasteiger partial charge < -0.3 is 10.1 Å². The molecule has 1 saturated carbocycles. The van der Waals surface area contributed by atoms with Crippen LogP contribution in [-0.2, 0) is 14.3 Å². The van der Waals surface area contributed by atoms with Gasteiger partial charge in [-0.25, -0.2) is 4.79 Å². The van der Waals surface area contributed by atoms with Crippen molar-refractivity contribution in [1.82, 2.24) is 10.2 Å². The first-order valence-corrected chi connectivity index (χ1v) is 8.26. The van der Waals surface area contributed by atoms with Gasteiger partial charge >= 0.3 is 12.0 Å². The number of urea groups is 1. The van der Waals surface area contributed by atoms with Crippen LogP contribution in [0.1, 0.15) is 35.4 Å². The van der Waals surface area contributed by atoms with Crippen molar-refractivity contribution in [1.29, 1.82) is 0 Å². The van der Waals surface area contributed by atoms with Gasteiger partial charge in [-0.05, 0) is 24.3 Å². The van der Waals surface area contributed by atoms with Crippen LogP contribution in [0.2, 0.25) is 0 Å². The van der Waals surface area contributed by atoms with Gasteiger partial charge in [0.2, 0.25) is 5.78 Å². The number of rotatable bonds is 5. The Bertz CT molecular complexity index is 649. The number of carbonyl (C=O) groups excluding carboxylic acids is 4. The van der Waals surface area contributed by atoms with Crippen LogP contribution in [0.15, 0.2) is 17.5 Å². The molecule has 8 heteroatoms. The molecule has 122 valence electrons. The zero-order valence-electron chi connectivity index (χ0n) is 12.4. The Morgan fingerprint density at radius 1 is 1.30 bits per heavy atom. The van der Waals surface area contributed by atoms with E-state index < -0.39 is 30.7 Å². The fourth-order valence-corrected chi connectivity index (χ4v) is 3.62. The van der Waals surface area contributed by atoms with Gasteiger partial charge in [-0.15, -0.1) is 11.3 Å². The number of amides is 3. The largest absolute Gasteiger partial charge is 0.456 e. The number of ketones is 1. The topological polar surface area (TPSA) is 92.8 Å². The molecular formula is C15H16N2O5S. The lowest BCUT2D eigenvalue weighted by Gasteiger charge is -2.19. The van der Waals surface area contributed by atoms with Gasteiger partial charge in [0.05, 0.1) is 4.88 Å². The van der Waals surface area contributed by atoms with Crippen molar-refractivity contribution < 1.29 is 23.9 Å². The predicted molar refractivity (Wildman–Crippen MR) is 81.1 cm³/mol. The number of carbonyl (C=O) groups is 4. The van der Waals surface area contributed by atoms with Gasteiger partial charge in [0.1, 0.15) is 12.1 Å². The van der Waals surface area contributed by atoms with Crippen molar-refractivity contribution in [2.24, 2.45) is 0 Å². The van der Waals surface area contributed by atoms with E-state index in [9.17, 15) is 19.2 Å². The molecule has 1 aliphatic carbocycles. The molecule has 2 fully saturated rings. The molecule has 1 N–H and O–H groups in total. The summed E-state index contributed by atoms with van der Waals surface area (Å²) in [6, 6.07) is 2.80. The Labute approximate surface area is 136 Å². The molecule has 0 radical (unpaired) electrons. The molecule has 1 saturated heterocycles. The molecule has 1 aromatic rings. The predicted octanol–water partition coefficient (Wildman–Crippen LogP) is 1.34. The maximum atomic E-state index is 12.4. The Morgan fingerprint density at radius 3 is 2.70 bits per heavy atom. The lowest BCUT2D eigenvalue weighted by atomic mass is 9.98. The third-order valence-electron chi connectivity index (χ3n) is 4.15. The van der Waals surface area contributed by atoms with Crippen LogP contribution in [0, 0.1) is 0 Å². The molecule has 23 heavy (non-hydrogen) atoms. The SMILES string of the molecule is O=C(CN1C(=O)NC2(CCCC2)C1=O)OCC(=O)c1cccs1. The summed E-state index contributed by atoms with van der Waals surface area (Å²) in [5.74, 6) is -1.45. The number of thiophene rings is 1. The monoisotopic (exact) mass is 336 g/mol. The summed E-state index contributed by atoms with van der Waals surface area (Å²) >= 11 is 1.26. The molecule has 7 nitrogen and oxygen atoms in total. The summed E-state index contributed by atoms with van der Waals surface area (Å²) < 4.78 is 4.88. The van der Waals surface area contributed by atoms with E-state index in [1.54, 1.807) is 17.5 Å². The molecule has 1 aliphatic heterocycles. The molecule has 3 rings (SSSR count). The number of hydrogen-bond acceptors (Lipinski definition) is 6. The molecule has 0 unspecified atom stereocenters. The average Bonchev–Trinajstić information content (AvgIpc) is 3.24. The van der Waals surface area contributed by atoms with Gasteiger partial charge in [0.15, 0.2) is 6.61 Å². The number of ether oxygens (including phenoxy) is 1. The average molecular weight is 336 g/mol. The number of nitrogens with one attached hydrogen (secondary N) is 1. The number of esters is 1. The summed E-state index contributed by atoms with van der Waals surface area (Å²) in [5.41, 5.74) is -0.843. The standard InChI is InChI=1S/C15H16N2O5S/c18-10(11-4-3-7-23-11)9-22-12(19)8-17-13(20)15(16-14(17)21)5-1-2-6-15/h3-4,7H,1-2,5-6,8-9H2,(H,16,21). The summed E-state index contributed by atoms with van der Waals surface area (Å²) in [7, 11) is 0. The third kappa shape index (κ3) is 2.98. The van der Waals surface area contributed by atoms with Gasteiger partial charge in [-0.3, -0.25) is 19.3 Å². The minimum atomic E-state index is -0.843. The summed E-state index contributed by atoms with van der Waals surface area (Å²) in [4.78, 5) is 49.2. The van der Waals surface area contributed by atoms with Crippen LogP contribution in [0.4, 0.5) is 4.79 Å². The Morgan fingerprint density at radius 2 is 2.04 bits per heavy atom. The molecular weight excluding hydrogens is 320 g/mol. The lowest BCUT2D eigenvalue weighted by Crippen LogP contribution is -2.44. The van der Waals surface area contributed by atoms with E-state index in [0.717, 1.165) is 17.7 Å². The van der Waals surface area contributed by atoms with E-state index in [2.05, 4.69) is 5.32 Å². The van der Waals surface area contributed by atoms with E-state index >= 15 is 0 Å². The van der Waals surface area contributed by atoms with Crippen LogP contribution in [0.3, 0.4) is 0 Å². The number of imide groups is 1. The molecule has 2 aliphatic rings. The van der Waals surface area contributed by atoms with Gasteiger partial charge in [0.25, 0.3) is 5.91 Å². The highest BCUT2D eigenvalue weighted by atomic mass is 32.1. The van der Waals surface area contributed by atoms with E-state index in [1.165, 1.54) is 11.3 Å². The highest BCUT2D eigenvalue weighted by Gasteiger charge is 2.52. The first-order chi connectivity index (χ1) is 11.0. The Hall–Kier alpha value is -2.22. The first-order valence-electron chi connectivity index (χ1n) is 7.38. The van der Waals surface area contributed by atoms with Crippen molar-refractivity contribution in [2.45, 2.75) is 31.2 Å². The maximum Gasteiger partial charge on any atom is 0.326 e. The zero-order valence-corrected chi connectivity index (χ0v) is 13.2. The van der Waals surface area contributed by atoms with Crippen LogP contribution in [0.5, 0.6) is 0 Å². The second-order valence-corrected chi connectivity index (χ2v) is 6.62. The Kier molecular flexibility index (Phi) is 4.16. The molecule has 0 bridgehead atoms. The van der Waals surface area contributed by atoms with Gasteiger partial charge in [-0.2, -0.15) is 0 Å². The minimum absolute atomic E-state index is 0.308. The van der Waals surface area contributed by atoms with Gasteiger partial charge in [0, 0.05) is 0 Å². The first kappa shape index (κ1) is 15.7. The second-order valence-electron chi connectivity index (χ2n) is 5.67. The number of nitrogens with zero attached hydrogens (tertiary/aromatic N) is 1. The summed E-state index contributed by atoms with van der Waals surface area (Å²) in [5, 5.41) is 4.44. The normalized spacial score (nSPS) is 19.2. The number of Topliss-reactive ketones (excluding diaryl/α,β-unsaturated/α-hetero) is 1. The van der Waals surface area contributed by atoms with E-state index in [1.807, 2.05) is 0 Å². The quantitative estimate of drug-likeness (QED) is 0.497. The van der Waals surface area contributed by atoms with E-state index in [4.69, 9.17) is 4.74 Å². The van der Waals surface area contributed by atoms with Crippen molar-refractivity contribution >= 4 is 35.0 Å². The smallest absolute Gasteiger partial charge is 0.326 e.